The lowest BCUT2D eigenvalue weighted by atomic mass is 10.2. The summed E-state index contributed by atoms with van der Waals surface area (Å²) < 4.78 is 40.6. The Morgan fingerprint density at radius 2 is 2.08 bits per heavy atom. The largest absolute Gasteiger partial charge is 0.382 e. The molecule has 0 amide bonds. The predicted octanol–water partition coefficient (Wildman–Crippen LogP) is 2.39. The zero-order chi connectivity index (χ0) is 18.1. The summed E-state index contributed by atoms with van der Waals surface area (Å²) in [5, 5.41) is 0. The van der Waals surface area contributed by atoms with E-state index >= 15 is 0 Å². The Morgan fingerprint density at radius 3 is 2.88 bits per heavy atom. The normalized spacial score (nSPS) is 22.9. The zero-order valence-corrected chi connectivity index (χ0v) is 13.8. The maximum atomic E-state index is 14.5. The van der Waals surface area contributed by atoms with Crippen LogP contribution in [0, 0.1) is 6.08 Å². The average molecular weight is 361 g/mol. The van der Waals surface area contributed by atoms with Gasteiger partial charge in [0.05, 0.1) is 25.6 Å². The first kappa shape index (κ1) is 16.8. The Labute approximate surface area is 147 Å². The number of hydrogen-bond donors (Lipinski definition) is 1. The van der Waals surface area contributed by atoms with Crippen LogP contribution in [0.1, 0.15) is 18.2 Å². The number of nitrogens with zero attached hydrogens (tertiary/aromatic N) is 4. The molecule has 0 radical (unpaired) electrons. The molecule has 1 aromatic carbocycles. The fourth-order valence-electron chi connectivity index (χ4n) is 3.03. The van der Waals surface area contributed by atoms with E-state index in [0.717, 1.165) is 5.56 Å². The van der Waals surface area contributed by atoms with Gasteiger partial charge in [0, 0.05) is 6.42 Å². The topological polar surface area (TPSA) is 88.1 Å². The first-order chi connectivity index (χ1) is 12.6. The van der Waals surface area contributed by atoms with Gasteiger partial charge in [-0.1, -0.05) is 30.3 Å². The van der Waals surface area contributed by atoms with Gasteiger partial charge in [0.25, 0.3) is 0 Å². The molecule has 1 aliphatic rings. The minimum atomic E-state index is -1.29. The number of imidazole rings is 1. The van der Waals surface area contributed by atoms with Gasteiger partial charge < -0.3 is 15.2 Å². The number of aromatic nitrogens is 4. The van der Waals surface area contributed by atoms with Crippen molar-refractivity contribution in [2.45, 2.75) is 31.5 Å². The van der Waals surface area contributed by atoms with Gasteiger partial charge in [-0.25, -0.2) is 9.37 Å². The van der Waals surface area contributed by atoms with Crippen LogP contribution in [0.25, 0.3) is 11.2 Å². The van der Waals surface area contributed by atoms with Crippen LogP contribution >= 0.6 is 0 Å². The van der Waals surface area contributed by atoms with Crippen molar-refractivity contribution >= 4 is 17.0 Å². The molecular formula is C17H17F2N5O2. The lowest BCUT2D eigenvalue weighted by Gasteiger charge is -2.16. The molecule has 2 N–H and O–H groups in total. The predicted molar refractivity (Wildman–Crippen MR) is 89.2 cm³/mol. The molecule has 26 heavy (non-hydrogen) atoms. The van der Waals surface area contributed by atoms with Gasteiger partial charge in [0.2, 0.25) is 0 Å². The third kappa shape index (κ3) is 3.23. The first-order valence-corrected chi connectivity index (χ1v) is 8.18. The number of halogens is 2. The quantitative estimate of drug-likeness (QED) is 0.702. The molecule has 1 aliphatic heterocycles. The van der Waals surface area contributed by atoms with Gasteiger partial charge in [-0.05, 0) is 5.56 Å². The summed E-state index contributed by atoms with van der Waals surface area (Å²) in [5.74, 6) is -0.0950. The van der Waals surface area contributed by atoms with Crippen LogP contribution in [0.3, 0.4) is 0 Å². The van der Waals surface area contributed by atoms with E-state index in [9.17, 15) is 8.78 Å². The second-order valence-electron chi connectivity index (χ2n) is 6.10. The van der Waals surface area contributed by atoms with Crippen LogP contribution in [-0.4, -0.2) is 38.4 Å². The van der Waals surface area contributed by atoms with Crippen LogP contribution in [0.15, 0.2) is 36.7 Å². The van der Waals surface area contributed by atoms with E-state index in [0.29, 0.717) is 6.61 Å². The SMILES string of the molecule is Nc1nc(F)nc2c1ncn2C1OC(COCc2ccccc2)CC1F. The second kappa shape index (κ2) is 6.93. The molecular weight excluding hydrogens is 344 g/mol. The molecule has 2 aromatic heterocycles. The smallest absolute Gasteiger partial charge is 0.312 e. The van der Waals surface area contributed by atoms with Crippen LogP contribution in [-0.2, 0) is 16.1 Å². The van der Waals surface area contributed by atoms with Gasteiger partial charge in [0.1, 0.15) is 6.17 Å². The molecule has 4 rings (SSSR count). The molecule has 9 heteroatoms. The van der Waals surface area contributed by atoms with Gasteiger partial charge >= 0.3 is 6.08 Å². The third-order valence-corrected chi connectivity index (χ3v) is 4.24. The van der Waals surface area contributed by atoms with Crippen molar-refractivity contribution in [3.63, 3.8) is 0 Å². The van der Waals surface area contributed by atoms with E-state index in [4.69, 9.17) is 15.2 Å². The number of ether oxygens (including phenoxy) is 2. The van der Waals surface area contributed by atoms with Crippen LogP contribution in [0.2, 0.25) is 0 Å². The summed E-state index contributed by atoms with van der Waals surface area (Å²) in [7, 11) is 0. The standard InChI is InChI=1S/C17H17F2N5O2/c18-12-6-11(8-25-7-10-4-2-1-3-5-10)26-16(12)24-9-21-13-14(20)22-17(19)23-15(13)24/h1-5,9,11-12,16H,6-8H2,(H2,20,22,23). The summed E-state index contributed by atoms with van der Waals surface area (Å²) in [6, 6.07) is 9.68. The Hall–Kier alpha value is -2.65. The number of fused-ring (bicyclic) bond motifs is 1. The fourth-order valence-corrected chi connectivity index (χ4v) is 3.03. The molecule has 0 bridgehead atoms. The fraction of sp³-hybridized carbons (Fsp3) is 0.353. The van der Waals surface area contributed by atoms with E-state index in [1.54, 1.807) is 0 Å². The molecule has 0 spiro atoms. The molecule has 3 heterocycles. The Balaban J connectivity index is 1.44. The number of nitrogens with two attached hydrogens (primary N) is 1. The minimum absolute atomic E-state index is 0.0950. The van der Waals surface area contributed by atoms with Crippen LogP contribution in [0.4, 0.5) is 14.6 Å². The van der Waals surface area contributed by atoms with Crippen molar-refractivity contribution < 1.29 is 18.3 Å². The highest BCUT2D eigenvalue weighted by molar-refractivity contribution is 5.81. The first-order valence-electron chi connectivity index (χ1n) is 8.18. The highest BCUT2D eigenvalue weighted by atomic mass is 19.1. The highest BCUT2D eigenvalue weighted by Crippen LogP contribution is 2.33. The lowest BCUT2D eigenvalue weighted by molar-refractivity contribution is -0.0530. The van der Waals surface area contributed by atoms with E-state index in [1.165, 1.54) is 10.9 Å². The Kier molecular flexibility index (Phi) is 4.48. The van der Waals surface area contributed by atoms with Crippen LogP contribution in [0.5, 0.6) is 0 Å². The van der Waals surface area contributed by atoms with Gasteiger partial charge in [-0.2, -0.15) is 14.4 Å². The number of hydrogen-bond acceptors (Lipinski definition) is 6. The number of rotatable bonds is 5. The van der Waals surface area contributed by atoms with Crippen molar-refractivity contribution in [3.05, 3.63) is 48.3 Å². The van der Waals surface area contributed by atoms with Crippen molar-refractivity contribution in [1.82, 2.24) is 19.5 Å². The van der Waals surface area contributed by atoms with Gasteiger partial charge in [0.15, 0.2) is 23.2 Å². The molecule has 0 aliphatic carbocycles. The monoisotopic (exact) mass is 361 g/mol. The number of anilines is 1. The summed E-state index contributed by atoms with van der Waals surface area (Å²) in [4.78, 5) is 11.1. The highest BCUT2D eigenvalue weighted by Gasteiger charge is 2.38. The van der Waals surface area contributed by atoms with Crippen molar-refractivity contribution in [3.8, 4) is 0 Å². The minimum Gasteiger partial charge on any atom is -0.382 e. The third-order valence-electron chi connectivity index (χ3n) is 4.24. The summed E-state index contributed by atoms with van der Waals surface area (Å²) in [5.41, 5.74) is 6.98. The average Bonchev–Trinajstić information content (AvgIpc) is 3.19. The maximum absolute atomic E-state index is 14.5. The molecule has 3 aromatic rings. The maximum Gasteiger partial charge on any atom is 0.312 e. The second-order valence-corrected chi connectivity index (χ2v) is 6.10. The number of alkyl halides is 1. The number of nitrogen functional groups attached to an aromatic ring is 1. The summed E-state index contributed by atoms with van der Waals surface area (Å²) in [6.45, 7) is 0.676. The van der Waals surface area contributed by atoms with E-state index < -0.39 is 24.6 Å². The molecule has 0 saturated carbocycles. The van der Waals surface area contributed by atoms with Gasteiger partial charge in [-0.15, -0.1) is 0 Å². The molecule has 136 valence electrons. The van der Waals surface area contributed by atoms with E-state index in [2.05, 4.69) is 15.0 Å². The summed E-state index contributed by atoms with van der Waals surface area (Å²) in [6.07, 6.45) is -2.16. The Morgan fingerprint density at radius 1 is 1.27 bits per heavy atom. The summed E-state index contributed by atoms with van der Waals surface area (Å²) >= 11 is 0. The Bertz CT molecular complexity index is 905. The number of benzene rings is 1. The molecule has 3 unspecified atom stereocenters. The lowest BCUT2D eigenvalue weighted by Crippen LogP contribution is -2.18. The van der Waals surface area contributed by atoms with E-state index in [-0.39, 0.29) is 30.0 Å². The molecule has 3 atom stereocenters. The molecule has 7 nitrogen and oxygen atoms in total. The molecule has 1 saturated heterocycles. The zero-order valence-electron chi connectivity index (χ0n) is 13.8. The van der Waals surface area contributed by atoms with E-state index in [1.807, 2.05) is 30.3 Å². The van der Waals surface area contributed by atoms with Crippen molar-refractivity contribution in [2.24, 2.45) is 0 Å². The van der Waals surface area contributed by atoms with Crippen molar-refractivity contribution in [1.29, 1.82) is 0 Å². The van der Waals surface area contributed by atoms with Crippen LogP contribution < -0.4 is 5.73 Å². The van der Waals surface area contributed by atoms with Gasteiger partial charge in [-0.3, -0.25) is 4.57 Å². The van der Waals surface area contributed by atoms with Crippen molar-refractivity contribution in [2.75, 3.05) is 12.3 Å². The molecule has 1 fully saturated rings.